The van der Waals surface area contributed by atoms with Crippen LogP contribution in [-0.2, 0) is 0 Å². The first-order valence-electron chi connectivity index (χ1n) is 18.1. The molecule has 7 heteroatoms. The van der Waals surface area contributed by atoms with Crippen molar-refractivity contribution in [2.45, 2.75) is 78.6 Å². The Kier molecular flexibility index (Phi) is 13.7. The van der Waals surface area contributed by atoms with E-state index in [0.717, 1.165) is 16.4 Å². The van der Waals surface area contributed by atoms with E-state index in [2.05, 4.69) is 200 Å². The maximum atomic E-state index is 2.52. The van der Waals surface area contributed by atoms with Crippen LogP contribution in [0.25, 0.3) is 43.4 Å². The van der Waals surface area contributed by atoms with E-state index in [0.29, 0.717) is 0 Å². The Morgan fingerprint density at radius 2 is 0.608 bits per heavy atom. The fourth-order valence-electron chi connectivity index (χ4n) is 7.29. The third kappa shape index (κ3) is 9.81. The third-order valence-electron chi connectivity index (χ3n) is 9.25. The van der Waals surface area contributed by atoms with Crippen molar-refractivity contribution in [1.82, 2.24) is 0 Å². The molecule has 0 amide bonds. The van der Waals surface area contributed by atoms with Crippen LogP contribution in [-0.4, -0.2) is 56.2 Å². The Labute approximate surface area is 334 Å². The molecule has 0 aliphatic heterocycles. The molecule has 2 heterocycles. The minimum Gasteiger partial charge on any atom is -0.115 e. The Bertz CT molecular complexity index is 1710. The second kappa shape index (κ2) is 16.6. The van der Waals surface area contributed by atoms with E-state index in [1.807, 2.05) is 0 Å². The van der Waals surface area contributed by atoms with Crippen molar-refractivity contribution in [3.05, 3.63) is 121 Å². The van der Waals surface area contributed by atoms with Crippen LogP contribution in [0.3, 0.4) is 0 Å². The molecule has 6 aromatic rings. The summed E-state index contributed by atoms with van der Waals surface area (Å²) < 4.78 is 0. The average Bonchev–Trinajstić information content (AvgIpc) is 3.69. The van der Waals surface area contributed by atoms with Crippen molar-refractivity contribution >= 4 is 93.3 Å². The number of rotatable bonds is 8. The van der Waals surface area contributed by atoms with Gasteiger partial charge in [0.05, 0.1) is 37.3 Å². The molecule has 0 unspecified atom stereocenters. The van der Waals surface area contributed by atoms with E-state index < -0.39 is 32.3 Å². The molecule has 4 aromatic carbocycles. The summed E-state index contributed by atoms with van der Waals surface area (Å²) in [5, 5.41) is 13.5. The maximum Gasteiger partial charge on any atom is 2.00 e. The molecule has 0 spiro atoms. The SMILES string of the molecule is C[Si](C)(C)c1c(-c2ccccc2)[pH+][c-](-c2ccccc2)c1[Si](C)(C)C.C[Si](C)(C)c1c(-c2ccccc2)[pH+][c-](-c2ccccc2)c1[Si](C)(C)C.[Sn+2]. The Morgan fingerprint density at radius 3 is 0.843 bits per heavy atom. The zero-order valence-electron chi connectivity index (χ0n) is 33.0. The van der Waals surface area contributed by atoms with Gasteiger partial charge in [0.1, 0.15) is 0 Å². The smallest absolute Gasteiger partial charge is 0.115 e. The Hall–Kier alpha value is -1.89. The molecule has 2 aromatic heterocycles. The Balaban J connectivity index is 0.000000224. The van der Waals surface area contributed by atoms with Crippen LogP contribution >= 0.6 is 16.4 Å². The molecular formula is C44H58P2Si4Sn+2. The van der Waals surface area contributed by atoms with Crippen molar-refractivity contribution in [1.29, 1.82) is 0 Å². The topological polar surface area (TPSA) is 0 Å². The molecule has 262 valence electrons. The van der Waals surface area contributed by atoms with Gasteiger partial charge in [-0.05, 0) is 11.1 Å². The molecule has 0 saturated heterocycles. The van der Waals surface area contributed by atoms with E-state index in [1.165, 1.54) is 22.3 Å². The van der Waals surface area contributed by atoms with Gasteiger partial charge in [-0.3, -0.25) is 0 Å². The summed E-state index contributed by atoms with van der Waals surface area (Å²) in [5.74, 6) is 0. The molecule has 0 N–H and O–H groups in total. The van der Waals surface area contributed by atoms with E-state index in [4.69, 9.17) is 0 Å². The number of hydrogen-bond donors (Lipinski definition) is 0. The monoisotopic (exact) mass is 880 g/mol. The first-order chi connectivity index (χ1) is 23.4. The molecule has 0 nitrogen and oxygen atoms in total. The molecule has 0 bridgehead atoms. The molecule has 0 aliphatic rings. The standard InChI is InChI=1S/2C22H29PSi2.Sn/c2*1-24(2,3)21-19(17-13-9-7-10-14-17)23-20(22(21)25(4,5)6)18-15-11-8-12-16-18;/h2*7-16,23H,1-6H3;/q;;+2. The predicted molar refractivity (Wildman–Crippen MR) is 251 cm³/mol. The van der Waals surface area contributed by atoms with Crippen molar-refractivity contribution in [2.75, 3.05) is 0 Å². The first-order valence-corrected chi connectivity index (χ1v) is 34.1. The van der Waals surface area contributed by atoms with E-state index in [-0.39, 0.29) is 23.9 Å². The van der Waals surface area contributed by atoms with Crippen molar-refractivity contribution in [2.24, 2.45) is 0 Å². The van der Waals surface area contributed by atoms with E-state index in [1.54, 1.807) is 41.9 Å². The molecule has 6 rings (SSSR count). The van der Waals surface area contributed by atoms with Crippen LogP contribution in [0.5, 0.6) is 0 Å². The van der Waals surface area contributed by atoms with Gasteiger partial charge in [-0.1, -0.05) is 207 Å². The van der Waals surface area contributed by atoms with E-state index >= 15 is 0 Å². The fourth-order valence-corrected chi connectivity index (χ4v) is 27.4. The Morgan fingerprint density at radius 1 is 0.353 bits per heavy atom. The summed E-state index contributed by atoms with van der Waals surface area (Å²) >= 11 is 0. The van der Waals surface area contributed by atoms with Gasteiger partial charge in [0, 0.05) is 32.5 Å². The van der Waals surface area contributed by atoms with Crippen molar-refractivity contribution < 1.29 is 0 Å². The summed E-state index contributed by atoms with van der Waals surface area (Å²) in [6, 6.07) is 44.4. The second-order valence-electron chi connectivity index (χ2n) is 17.7. The van der Waals surface area contributed by atoms with Gasteiger partial charge in [0.15, 0.2) is 0 Å². The molecule has 0 atom stereocenters. The molecular weight excluding hydrogens is 821 g/mol. The van der Waals surface area contributed by atoms with Crippen LogP contribution in [0.15, 0.2) is 121 Å². The molecule has 0 aliphatic carbocycles. The van der Waals surface area contributed by atoms with Crippen LogP contribution < -0.4 is 20.7 Å². The minimum absolute atomic E-state index is 0. The second-order valence-corrected chi connectivity index (χ2v) is 40.2. The van der Waals surface area contributed by atoms with Gasteiger partial charge in [-0.25, -0.2) is 0 Å². The summed E-state index contributed by atoms with van der Waals surface area (Å²) in [4.78, 5) is 0. The summed E-state index contributed by atoms with van der Waals surface area (Å²) in [7, 11) is -4.25. The zero-order valence-corrected chi connectivity index (χ0v) is 41.9. The van der Waals surface area contributed by atoms with Gasteiger partial charge >= 0.3 is 23.9 Å². The number of hydrogen-bond acceptors (Lipinski definition) is 0. The molecule has 2 radical (unpaired) electrons. The van der Waals surface area contributed by atoms with Crippen LogP contribution in [0.4, 0.5) is 0 Å². The van der Waals surface area contributed by atoms with Gasteiger partial charge in [-0.2, -0.15) is 0 Å². The van der Waals surface area contributed by atoms with Gasteiger partial charge in [-0.15, -0.1) is 24.3 Å². The fraction of sp³-hybridized carbons (Fsp3) is 0.273. The molecule has 51 heavy (non-hydrogen) atoms. The molecule has 0 fully saturated rings. The average molecular weight is 880 g/mol. The maximum absolute atomic E-state index is 2.52. The van der Waals surface area contributed by atoms with Gasteiger partial charge in [0.2, 0.25) is 0 Å². The van der Waals surface area contributed by atoms with Crippen molar-refractivity contribution in [3.63, 3.8) is 0 Å². The minimum atomic E-state index is -1.45. The van der Waals surface area contributed by atoms with Gasteiger partial charge in [0.25, 0.3) is 0 Å². The predicted octanol–water partition coefficient (Wildman–Crippen LogP) is 11.9. The van der Waals surface area contributed by atoms with Crippen molar-refractivity contribution in [3.8, 4) is 43.4 Å². The first kappa shape index (κ1) is 41.9. The van der Waals surface area contributed by atoms with Crippen LogP contribution in [0.2, 0.25) is 78.6 Å². The molecule has 0 saturated carbocycles. The van der Waals surface area contributed by atoms with Crippen LogP contribution in [0.1, 0.15) is 0 Å². The van der Waals surface area contributed by atoms with E-state index in [9.17, 15) is 0 Å². The zero-order chi connectivity index (χ0) is 36.5. The summed E-state index contributed by atoms with van der Waals surface area (Å²) in [6.07, 6.45) is 0. The summed E-state index contributed by atoms with van der Waals surface area (Å²) in [6.45, 7) is 30.2. The summed E-state index contributed by atoms with van der Waals surface area (Å²) in [5.41, 5.74) is 5.72. The quantitative estimate of drug-likeness (QED) is 0.106. The third-order valence-corrected chi connectivity index (χ3v) is 21.9. The van der Waals surface area contributed by atoms with Crippen LogP contribution in [0, 0.1) is 0 Å². The largest absolute Gasteiger partial charge is 2.00 e. The number of benzene rings is 4. The normalized spacial score (nSPS) is 12.5. The van der Waals surface area contributed by atoms with Gasteiger partial charge < -0.3 is 0 Å².